The van der Waals surface area contributed by atoms with Gasteiger partial charge in [-0.2, -0.15) is 0 Å². The normalized spacial score (nSPS) is 12.1. The Kier molecular flexibility index (Phi) is 3.85. The fourth-order valence-electron chi connectivity index (χ4n) is 0.815. The molecule has 2 N–H and O–H groups in total. The Hall–Kier alpha value is -0.0600. The highest BCUT2D eigenvalue weighted by Gasteiger charge is 2.21. The van der Waals surface area contributed by atoms with E-state index in [4.69, 9.17) is 16.7 Å². The van der Waals surface area contributed by atoms with Gasteiger partial charge in [0.25, 0.3) is 6.43 Å². The molecule has 0 atom stereocenters. The predicted octanol–water partition coefficient (Wildman–Crippen LogP) is 1.92. The molecule has 4 nitrogen and oxygen atoms in total. The maximum atomic E-state index is 12.3. The Balaban J connectivity index is 3.46. The molecule has 0 bridgehead atoms. The van der Waals surface area contributed by atoms with Crippen LogP contribution in [0.1, 0.15) is 12.1 Å². The van der Waals surface area contributed by atoms with E-state index in [-0.39, 0.29) is 3.57 Å². The number of sulfonamides is 1. The van der Waals surface area contributed by atoms with Crippen molar-refractivity contribution in [2.24, 2.45) is 5.14 Å². The van der Waals surface area contributed by atoms with Gasteiger partial charge in [0.2, 0.25) is 10.0 Å². The van der Waals surface area contributed by atoms with Gasteiger partial charge in [-0.25, -0.2) is 27.3 Å². The number of alkyl halides is 2. The largest absolute Gasteiger partial charge is 0.281 e. The molecular weight excluding hydrogens is 364 g/mol. The van der Waals surface area contributed by atoms with E-state index in [1.807, 2.05) is 0 Å². The Labute approximate surface area is 103 Å². The van der Waals surface area contributed by atoms with Crippen molar-refractivity contribution in [1.82, 2.24) is 4.98 Å². The smallest absolute Gasteiger partial charge is 0.233 e. The Bertz CT molecular complexity index is 494. The first-order valence-corrected chi connectivity index (χ1v) is 6.40. The maximum Gasteiger partial charge on any atom is 0.281 e. The minimum Gasteiger partial charge on any atom is -0.233 e. The third-order valence-electron chi connectivity index (χ3n) is 1.44. The van der Waals surface area contributed by atoms with Crippen LogP contribution < -0.4 is 5.14 Å². The number of nitrogens with zero attached hydrogens (tertiary/aromatic N) is 1. The Morgan fingerprint density at radius 2 is 2.07 bits per heavy atom. The number of nitrogens with two attached hydrogens (primary N) is 1. The van der Waals surface area contributed by atoms with E-state index in [9.17, 15) is 17.2 Å². The van der Waals surface area contributed by atoms with E-state index in [0.717, 1.165) is 6.07 Å². The van der Waals surface area contributed by atoms with Crippen molar-refractivity contribution in [1.29, 1.82) is 0 Å². The average Bonchev–Trinajstić information content (AvgIpc) is 2.06. The summed E-state index contributed by atoms with van der Waals surface area (Å²) in [5.74, 6) is 0. The first kappa shape index (κ1) is 13.0. The summed E-state index contributed by atoms with van der Waals surface area (Å²) in [6.45, 7) is 0. The Morgan fingerprint density at radius 3 is 2.47 bits per heavy atom. The lowest BCUT2D eigenvalue weighted by Gasteiger charge is -2.06. The summed E-state index contributed by atoms with van der Waals surface area (Å²) in [6.07, 6.45) is -2.82. The molecule has 0 amide bonds. The second kappa shape index (κ2) is 4.44. The van der Waals surface area contributed by atoms with Crippen LogP contribution in [0.5, 0.6) is 0 Å². The van der Waals surface area contributed by atoms with Gasteiger partial charge in [0.05, 0.1) is 0 Å². The fourth-order valence-corrected chi connectivity index (χ4v) is 2.72. The summed E-state index contributed by atoms with van der Waals surface area (Å²) in [6, 6.07) is 0.965. The van der Waals surface area contributed by atoms with Crippen LogP contribution in [0.15, 0.2) is 11.0 Å². The molecule has 84 valence electrons. The standard InChI is InChI=1S/C6H4ClF2IN2O2S/c7-5-3(15(11,13)14)1-2(10)4(12-5)6(8)9/h1,6H,(H2,11,13,14). The molecule has 0 unspecified atom stereocenters. The Morgan fingerprint density at radius 1 is 1.53 bits per heavy atom. The molecule has 9 heteroatoms. The first-order valence-electron chi connectivity index (χ1n) is 3.40. The lowest BCUT2D eigenvalue weighted by atomic mass is 10.4. The van der Waals surface area contributed by atoms with Crippen molar-refractivity contribution >= 4 is 44.2 Å². The fraction of sp³-hybridized carbons (Fsp3) is 0.167. The molecule has 0 radical (unpaired) electrons. The second-order valence-electron chi connectivity index (χ2n) is 2.49. The van der Waals surface area contributed by atoms with E-state index >= 15 is 0 Å². The maximum absolute atomic E-state index is 12.3. The predicted molar refractivity (Wildman–Crippen MR) is 58.3 cm³/mol. The van der Waals surface area contributed by atoms with Crippen LogP contribution in [-0.2, 0) is 10.0 Å². The van der Waals surface area contributed by atoms with Gasteiger partial charge >= 0.3 is 0 Å². The van der Waals surface area contributed by atoms with Crippen molar-refractivity contribution in [2.75, 3.05) is 0 Å². The monoisotopic (exact) mass is 368 g/mol. The molecule has 1 heterocycles. The van der Waals surface area contributed by atoms with Crippen LogP contribution in [0.3, 0.4) is 0 Å². The molecule has 1 aromatic heterocycles. The van der Waals surface area contributed by atoms with Gasteiger partial charge in [0, 0.05) is 3.57 Å². The summed E-state index contributed by atoms with van der Waals surface area (Å²) in [7, 11) is -4.04. The van der Waals surface area contributed by atoms with E-state index in [1.54, 1.807) is 0 Å². The van der Waals surface area contributed by atoms with Gasteiger partial charge in [0.15, 0.2) is 0 Å². The first-order chi connectivity index (χ1) is 6.73. The molecule has 0 aliphatic heterocycles. The highest BCUT2D eigenvalue weighted by Crippen LogP contribution is 2.28. The number of aromatic nitrogens is 1. The van der Waals surface area contributed by atoms with Crippen LogP contribution in [0.4, 0.5) is 8.78 Å². The minimum absolute atomic E-state index is 0.00368. The van der Waals surface area contributed by atoms with Crippen molar-refractivity contribution in [3.63, 3.8) is 0 Å². The van der Waals surface area contributed by atoms with Crippen LogP contribution in [0.25, 0.3) is 0 Å². The quantitative estimate of drug-likeness (QED) is 0.640. The molecule has 0 saturated heterocycles. The molecule has 0 fully saturated rings. The van der Waals surface area contributed by atoms with E-state index in [0.29, 0.717) is 0 Å². The van der Waals surface area contributed by atoms with Crippen molar-refractivity contribution in [3.05, 3.63) is 20.5 Å². The van der Waals surface area contributed by atoms with E-state index in [2.05, 4.69) is 4.98 Å². The summed E-state index contributed by atoms with van der Waals surface area (Å²) in [5, 5.41) is 4.26. The zero-order chi connectivity index (χ0) is 11.8. The summed E-state index contributed by atoms with van der Waals surface area (Å²) < 4.78 is 46.6. The molecular formula is C6H4ClF2IN2O2S. The van der Waals surface area contributed by atoms with Crippen molar-refractivity contribution < 1.29 is 17.2 Å². The molecule has 1 aromatic rings. The van der Waals surface area contributed by atoms with Crippen LogP contribution in [0, 0.1) is 3.57 Å². The zero-order valence-corrected chi connectivity index (χ0v) is 10.6. The summed E-state index contributed by atoms with van der Waals surface area (Å²) in [5.41, 5.74) is -0.562. The van der Waals surface area contributed by atoms with Gasteiger partial charge in [-0.3, -0.25) is 0 Å². The molecule has 0 aliphatic rings. The summed E-state index contributed by atoms with van der Waals surface area (Å²) in [4.78, 5) is 2.83. The zero-order valence-electron chi connectivity index (χ0n) is 6.92. The minimum atomic E-state index is -4.04. The van der Waals surface area contributed by atoms with E-state index < -0.39 is 32.2 Å². The third kappa shape index (κ3) is 2.95. The number of halogens is 4. The van der Waals surface area contributed by atoms with Crippen LogP contribution in [0.2, 0.25) is 5.15 Å². The van der Waals surface area contributed by atoms with Crippen LogP contribution >= 0.6 is 34.2 Å². The van der Waals surface area contributed by atoms with Gasteiger partial charge in [-0.05, 0) is 28.7 Å². The third-order valence-corrected chi connectivity index (χ3v) is 3.63. The molecule has 15 heavy (non-hydrogen) atoms. The SMILES string of the molecule is NS(=O)(=O)c1cc(I)c(C(F)F)nc1Cl. The number of hydrogen-bond donors (Lipinski definition) is 1. The molecule has 0 aromatic carbocycles. The van der Waals surface area contributed by atoms with Crippen molar-refractivity contribution in [3.8, 4) is 0 Å². The van der Waals surface area contributed by atoms with Gasteiger partial charge < -0.3 is 0 Å². The second-order valence-corrected chi connectivity index (χ2v) is 5.54. The van der Waals surface area contributed by atoms with E-state index in [1.165, 1.54) is 22.6 Å². The van der Waals surface area contributed by atoms with Crippen LogP contribution in [-0.4, -0.2) is 13.4 Å². The van der Waals surface area contributed by atoms with Gasteiger partial charge in [0.1, 0.15) is 15.7 Å². The topological polar surface area (TPSA) is 73.1 Å². The van der Waals surface area contributed by atoms with Crippen molar-refractivity contribution in [2.45, 2.75) is 11.3 Å². The van der Waals surface area contributed by atoms with Gasteiger partial charge in [-0.1, -0.05) is 11.6 Å². The molecule has 0 aliphatic carbocycles. The number of rotatable bonds is 2. The summed E-state index contributed by atoms with van der Waals surface area (Å²) >= 11 is 6.96. The lowest BCUT2D eigenvalue weighted by Crippen LogP contribution is -2.14. The van der Waals surface area contributed by atoms with Gasteiger partial charge in [-0.15, -0.1) is 0 Å². The number of primary sulfonamides is 1. The number of pyridine rings is 1. The lowest BCUT2D eigenvalue weighted by molar-refractivity contribution is 0.145. The molecule has 0 saturated carbocycles. The molecule has 1 rings (SSSR count). The number of hydrogen-bond acceptors (Lipinski definition) is 3. The highest BCUT2D eigenvalue weighted by atomic mass is 127. The molecule has 0 spiro atoms. The highest BCUT2D eigenvalue weighted by molar-refractivity contribution is 14.1. The average molecular weight is 369 g/mol.